The van der Waals surface area contributed by atoms with Gasteiger partial charge in [-0.1, -0.05) is 23.7 Å². The first-order chi connectivity index (χ1) is 13.3. The van der Waals surface area contributed by atoms with E-state index in [9.17, 15) is 13.2 Å². The first-order valence-electron chi connectivity index (χ1n) is 9.11. The summed E-state index contributed by atoms with van der Waals surface area (Å²) in [6, 6.07) is 12.8. The van der Waals surface area contributed by atoms with Gasteiger partial charge in [-0.3, -0.25) is 9.10 Å². The number of hydrogen-bond donors (Lipinski definition) is 1. The van der Waals surface area contributed by atoms with Crippen molar-refractivity contribution in [2.24, 2.45) is 0 Å². The Morgan fingerprint density at radius 1 is 1.14 bits per heavy atom. The van der Waals surface area contributed by atoms with Crippen molar-refractivity contribution in [3.05, 3.63) is 59.1 Å². The lowest BCUT2D eigenvalue weighted by Crippen LogP contribution is -2.43. The van der Waals surface area contributed by atoms with Crippen LogP contribution in [0.2, 0.25) is 5.02 Å². The highest BCUT2D eigenvalue weighted by molar-refractivity contribution is 7.92. The molecule has 0 unspecified atom stereocenters. The normalized spacial score (nSPS) is 16.0. The van der Waals surface area contributed by atoms with Crippen LogP contribution in [-0.2, 0) is 10.0 Å². The van der Waals surface area contributed by atoms with Gasteiger partial charge in [-0.15, -0.1) is 0 Å². The van der Waals surface area contributed by atoms with Gasteiger partial charge in [0.2, 0.25) is 0 Å². The molecule has 0 aliphatic carbocycles. The van der Waals surface area contributed by atoms with Gasteiger partial charge >= 0.3 is 0 Å². The molecule has 150 valence electrons. The summed E-state index contributed by atoms with van der Waals surface area (Å²) >= 11 is 5.98. The molecule has 1 aliphatic rings. The minimum absolute atomic E-state index is 0.0611. The number of carbonyl (C=O) groups is 1. The predicted molar refractivity (Wildman–Crippen MR) is 111 cm³/mol. The lowest BCUT2D eigenvalue weighted by molar-refractivity contribution is 0.0916. The molecule has 2 aromatic carbocycles. The van der Waals surface area contributed by atoms with Crippen LogP contribution in [0.1, 0.15) is 23.2 Å². The fraction of sp³-hybridized carbons (Fsp3) is 0.350. The number of likely N-dealkylation sites (tertiary alicyclic amines) is 1. The maximum Gasteiger partial charge on any atom is 0.264 e. The summed E-state index contributed by atoms with van der Waals surface area (Å²) in [5, 5.41) is 3.46. The molecule has 0 radical (unpaired) electrons. The molecule has 1 N–H and O–H groups in total. The number of sulfonamides is 1. The number of nitrogens with zero attached hydrogens (tertiary/aromatic N) is 2. The van der Waals surface area contributed by atoms with Crippen molar-refractivity contribution in [3.8, 4) is 0 Å². The van der Waals surface area contributed by atoms with Crippen LogP contribution in [0, 0.1) is 0 Å². The Morgan fingerprint density at radius 3 is 2.50 bits per heavy atom. The van der Waals surface area contributed by atoms with Crippen molar-refractivity contribution < 1.29 is 13.2 Å². The van der Waals surface area contributed by atoms with E-state index in [1.165, 1.54) is 19.2 Å². The molecule has 0 bridgehead atoms. The van der Waals surface area contributed by atoms with Crippen LogP contribution in [0.15, 0.2) is 53.4 Å². The summed E-state index contributed by atoms with van der Waals surface area (Å²) in [6.07, 6.45) is 1.77. The Hall–Kier alpha value is -2.09. The number of piperidine rings is 1. The van der Waals surface area contributed by atoms with Crippen LogP contribution in [-0.4, -0.2) is 52.5 Å². The van der Waals surface area contributed by atoms with Crippen molar-refractivity contribution in [3.63, 3.8) is 0 Å². The quantitative estimate of drug-likeness (QED) is 0.805. The Morgan fingerprint density at radius 2 is 1.82 bits per heavy atom. The molecule has 28 heavy (non-hydrogen) atoms. The molecule has 3 rings (SSSR count). The number of carbonyl (C=O) groups excluding carboxylic acids is 1. The van der Waals surface area contributed by atoms with Crippen molar-refractivity contribution in [1.29, 1.82) is 0 Å². The average Bonchev–Trinajstić information content (AvgIpc) is 2.69. The molecule has 8 heteroatoms. The second kappa shape index (κ2) is 8.51. The Bertz CT molecular complexity index is 957. The van der Waals surface area contributed by atoms with Gasteiger partial charge in [0.05, 0.1) is 10.6 Å². The van der Waals surface area contributed by atoms with Gasteiger partial charge in [0.15, 0.2) is 0 Å². The summed E-state index contributed by atoms with van der Waals surface area (Å²) in [5.74, 6) is -0.253. The van der Waals surface area contributed by atoms with Crippen LogP contribution in [0.3, 0.4) is 0 Å². The van der Waals surface area contributed by atoms with Gasteiger partial charge < -0.3 is 10.2 Å². The molecule has 2 aromatic rings. The topological polar surface area (TPSA) is 69.7 Å². The molecular formula is C20H24ClN3O3S. The predicted octanol–water partition coefficient (Wildman–Crippen LogP) is 2.99. The van der Waals surface area contributed by atoms with Gasteiger partial charge in [0.25, 0.3) is 15.9 Å². The van der Waals surface area contributed by atoms with Crippen LogP contribution in [0.4, 0.5) is 5.69 Å². The van der Waals surface area contributed by atoms with Gasteiger partial charge in [-0.25, -0.2) is 8.42 Å². The monoisotopic (exact) mass is 421 g/mol. The van der Waals surface area contributed by atoms with E-state index in [1.807, 2.05) is 0 Å². The maximum atomic E-state index is 13.0. The third kappa shape index (κ3) is 4.66. The molecule has 1 heterocycles. The number of hydrogen-bond acceptors (Lipinski definition) is 4. The van der Waals surface area contributed by atoms with E-state index < -0.39 is 10.0 Å². The third-order valence-corrected chi connectivity index (χ3v) is 7.00. The summed E-state index contributed by atoms with van der Waals surface area (Å²) < 4.78 is 27.1. The van der Waals surface area contributed by atoms with Crippen LogP contribution in [0.5, 0.6) is 0 Å². The fourth-order valence-electron chi connectivity index (χ4n) is 3.19. The summed E-state index contributed by atoms with van der Waals surface area (Å²) in [4.78, 5) is 14.9. The van der Waals surface area contributed by atoms with E-state index in [0.717, 1.165) is 30.2 Å². The first-order valence-corrected chi connectivity index (χ1v) is 10.9. The average molecular weight is 422 g/mol. The summed E-state index contributed by atoms with van der Waals surface area (Å²) in [5.41, 5.74) is 0.785. The molecular weight excluding hydrogens is 398 g/mol. The molecule has 0 saturated carbocycles. The van der Waals surface area contributed by atoms with Crippen molar-refractivity contribution in [1.82, 2.24) is 10.2 Å². The highest BCUT2D eigenvalue weighted by Crippen LogP contribution is 2.25. The maximum absolute atomic E-state index is 13.0. The highest BCUT2D eigenvalue weighted by Gasteiger charge is 2.24. The van der Waals surface area contributed by atoms with Crippen molar-refractivity contribution >= 4 is 33.2 Å². The molecule has 1 saturated heterocycles. The van der Waals surface area contributed by atoms with Gasteiger partial charge in [0.1, 0.15) is 0 Å². The number of amides is 1. The number of nitrogens with one attached hydrogen (secondary N) is 1. The lowest BCUT2D eigenvalue weighted by Gasteiger charge is -2.29. The van der Waals surface area contributed by atoms with Crippen LogP contribution < -0.4 is 9.62 Å². The van der Waals surface area contributed by atoms with E-state index in [-0.39, 0.29) is 16.8 Å². The molecule has 6 nitrogen and oxygen atoms in total. The largest absolute Gasteiger partial charge is 0.349 e. The number of rotatable bonds is 5. The first kappa shape index (κ1) is 20.6. The highest BCUT2D eigenvalue weighted by atomic mass is 35.5. The zero-order valence-corrected chi connectivity index (χ0v) is 17.5. The van der Waals surface area contributed by atoms with E-state index >= 15 is 0 Å². The molecule has 0 aromatic heterocycles. The fourth-order valence-corrected chi connectivity index (χ4v) is 4.61. The van der Waals surface area contributed by atoms with Crippen LogP contribution in [0.25, 0.3) is 0 Å². The number of anilines is 1. The third-order valence-electron chi connectivity index (χ3n) is 4.98. The second-order valence-electron chi connectivity index (χ2n) is 7.03. The van der Waals surface area contributed by atoms with E-state index in [1.54, 1.807) is 36.4 Å². The zero-order chi connectivity index (χ0) is 20.3. The number of benzene rings is 2. The van der Waals surface area contributed by atoms with E-state index in [2.05, 4.69) is 17.3 Å². The van der Waals surface area contributed by atoms with Crippen molar-refractivity contribution in [2.75, 3.05) is 31.5 Å². The lowest BCUT2D eigenvalue weighted by atomic mass is 10.0. The SMILES string of the molecule is CN1CCC(NC(=O)c2cccc(S(=O)(=O)N(C)c3cccc(Cl)c3)c2)CC1. The second-order valence-corrected chi connectivity index (χ2v) is 9.44. The molecule has 1 aliphatic heterocycles. The standard InChI is InChI=1S/C20H24ClN3O3S/c1-23-11-9-17(10-12-23)22-20(25)15-5-3-8-19(13-15)28(26,27)24(2)18-7-4-6-16(21)14-18/h3-8,13-14,17H,9-12H2,1-2H3,(H,22,25). The van der Waals surface area contributed by atoms with Crippen molar-refractivity contribution in [2.45, 2.75) is 23.8 Å². The van der Waals surface area contributed by atoms with E-state index in [0.29, 0.717) is 16.3 Å². The summed E-state index contributed by atoms with van der Waals surface area (Å²) in [7, 11) is -0.294. The minimum atomic E-state index is -3.82. The van der Waals surface area contributed by atoms with Gasteiger partial charge in [-0.2, -0.15) is 0 Å². The zero-order valence-electron chi connectivity index (χ0n) is 15.9. The minimum Gasteiger partial charge on any atom is -0.349 e. The molecule has 0 spiro atoms. The van der Waals surface area contributed by atoms with Gasteiger partial charge in [-0.05, 0) is 69.4 Å². The van der Waals surface area contributed by atoms with E-state index in [4.69, 9.17) is 11.6 Å². The van der Waals surface area contributed by atoms with Gasteiger partial charge in [0, 0.05) is 23.7 Å². The Balaban J connectivity index is 1.79. The molecule has 1 amide bonds. The Labute approximate surface area is 171 Å². The summed E-state index contributed by atoms with van der Waals surface area (Å²) in [6.45, 7) is 1.87. The molecule has 0 atom stereocenters. The van der Waals surface area contributed by atoms with Crippen LogP contribution >= 0.6 is 11.6 Å². The smallest absolute Gasteiger partial charge is 0.264 e. The molecule has 1 fully saturated rings. The number of halogens is 1. The Kier molecular flexibility index (Phi) is 6.27.